The molecule has 0 aromatic carbocycles. The van der Waals surface area contributed by atoms with Crippen molar-refractivity contribution in [2.45, 2.75) is 81.5 Å². The first-order valence-corrected chi connectivity index (χ1v) is 12.5. The second kappa shape index (κ2) is 14.4. The summed E-state index contributed by atoms with van der Waals surface area (Å²) in [6, 6.07) is -0.284. The van der Waals surface area contributed by atoms with Gasteiger partial charge in [-0.15, -0.1) is 11.6 Å². The summed E-state index contributed by atoms with van der Waals surface area (Å²) in [7, 11) is 0. The first kappa shape index (κ1) is 28.2. The fourth-order valence-corrected chi connectivity index (χ4v) is 4.82. The summed E-state index contributed by atoms with van der Waals surface area (Å²) in [4.78, 5) is 18.4. The Morgan fingerprint density at radius 1 is 1.36 bits per heavy atom. The maximum absolute atomic E-state index is 12.0. The number of amidine groups is 1. The van der Waals surface area contributed by atoms with Crippen LogP contribution in [0.3, 0.4) is 0 Å². The van der Waals surface area contributed by atoms with E-state index < -0.39 is 23.9 Å². The molecular weight excluding hydrogens is 448 g/mol. The van der Waals surface area contributed by atoms with Crippen molar-refractivity contribution in [3.8, 4) is 0 Å². The number of nitrogens with two attached hydrogens (primary N) is 3. The van der Waals surface area contributed by atoms with Crippen LogP contribution < -0.4 is 33.2 Å². The molecule has 0 spiro atoms. The van der Waals surface area contributed by atoms with Crippen LogP contribution >= 0.6 is 11.6 Å². The molecule has 11 N–H and O–H groups in total. The highest BCUT2D eigenvalue weighted by Gasteiger charge is 2.34. The highest BCUT2D eigenvalue weighted by Crippen LogP contribution is 2.30. The molecule has 1 amide bonds. The topological polar surface area (TPSA) is 187 Å². The number of aliphatic hydroxyl groups is 2. The Labute approximate surface area is 201 Å². The standard InChI is InChI=1S/C21H43ClN8O3/c1-2-30(10-9-27-21(33)17-19(24)29-20(25)18(22)28-17)15-12-13(4-6-14(15)23)5-7-16(32)26-8-3-11-31/h13-15,17-18,20-21,27-28,31,33H,2-12,23,25H2,1H3,(H2,24,29)(H,26,32). The molecule has 192 valence electrons. The van der Waals surface area contributed by atoms with E-state index in [4.69, 9.17) is 33.9 Å². The lowest BCUT2D eigenvalue weighted by Gasteiger charge is -2.41. The number of halogens is 1. The van der Waals surface area contributed by atoms with E-state index in [1.165, 1.54) is 0 Å². The third-order valence-electron chi connectivity index (χ3n) is 6.61. The largest absolute Gasteiger partial charge is 0.396 e. The van der Waals surface area contributed by atoms with Gasteiger partial charge in [0.05, 0.1) is 0 Å². The van der Waals surface area contributed by atoms with E-state index in [0.717, 1.165) is 32.2 Å². The molecule has 33 heavy (non-hydrogen) atoms. The maximum atomic E-state index is 12.0. The van der Waals surface area contributed by atoms with Crippen LogP contribution in [0.1, 0.15) is 45.4 Å². The highest BCUT2D eigenvalue weighted by molar-refractivity contribution is 6.21. The van der Waals surface area contributed by atoms with Gasteiger partial charge in [0, 0.05) is 44.7 Å². The zero-order chi connectivity index (χ0) is 24.4. The summed E-state index contributed by atoms with van der Waals surface area (Å²) < 4.78 is 0. The van der Waals surface area contributed by atoms with Crippen molar-refractivity contribution in [1.29, 1.82) is 0 Å². The molecular formula is C21H43ClN8O3. The van der Waals surface area contributed by atoms with Gasteiger partial charge in [-0.2, -0.15) is 0 Å². The van der Waals surface area contributed by atoms with Gasteiger partial charge in [0.25, 0.3) is 0 Å². The number of hydrogen-bond donors (Lipinski definition) is 8. The van der Waals surface area contributed by atoms with Gasteiger partial charge in [-0.1, -0.05) is 6.92 Å². The lowest BCUT2D eigenvalue weighted by Crippen LogP contribution is -2.63. The van der Waals surface area contributed by atoms with Crippen molar-refractivity contribution < 1.29 is 15.0 Å². The fourth-order valence-electron chi connectivity index (χ4n) is 4.63. The van der Waals surface area contributed by atoms with Gasteiger partial charge in [0.15, 0.2) is 0 Å². The molecule has 2 aliphatic rings. The van der Waals surface area contributed by atoms with Crippen LogP contribution in [0.4, 0.5) is 0 Å². The Morgan fingerprint density at radius 2 is 2.12 bits per heavy atom. The van der Waals surface area contributed by atoms with Crippen molar-refractivity contribution in [1.82, 2.24) is 20.9 Å². The first-order valence-electron chi connectivity index (χ1n) is 12.0. The van der Waals surface area contributed by atoms with Gasteiger partial charge in [-0.05, 0) is 44.6 Å². The summed E-state index contributed by atoms with van der Waals surface area (Å²) in [5.41, 5.74) is 17.5. The molecule has 0 bridgehead atoms. The molecule has 7 atom stereocenters. The molecule has 0 aromatic heterocycles. The predicted molar refractivity (Wildman–Crippen MR) is 130 cm³/mol. The molecule has 11 nitrogen and oxygen atoms in total. The number of likely N-dealkylation sites (N-methyl/N-ethyl adjacent to an activating group) is 1. The van der Waals surface area contributed by atoms with Crippen LogP contribution in [0.5, 0.6) is 0 Å². The van der Waals surface area contributed by atoms with E-state index in [9.17, 15) is 9.90 Å². The third-order valence-corrected chi connectivity index (χ3v) is 7.00. The number of aliphatic hydroxyl groups excluding tert-OH is 2. The molecule has 7 unspecified atom stereocenters. The summed E-state index contributed by atoms with van der Waals surface area (Å²) in [5.74, 6) is 0.724. The van der Waals surface area contributed by atoms with Crippen molar-refractivity contribution in [2.24, 2.45) is 28.1 Å². The minimum atomic E-state index is -0.946. The molecule has 0 radical (unpaired) electrons. The molecule has 0 saturated heterocycles. The van der Waals surface area contributed by atoms with Gasteiger partial charge in [0.1, 0.15) is 29.8 Å². The minimum Gasteiger partial charge on any atom is -0.396 e. The summed E-state index contributed by atoms with van der Waals surface area (Å²) in [5, 5.41) is 28.2. The van der Waals surface area contributed by atoms with Crippen LogP contribution in [0.25, 0.3) is 0 Å². The van der Waals surface area contributed by atoms with Crippen LogP contribution in [0, 0.1) is 5.92 Å². The number of nitrogens with one attached hydrogen (secondary N) is 3. The minimum absolute atomic E-state index is 0.0414. The Morgan fingerprint density at radius 3 is 2.82 bits per heavy atom. The van der Waals surface area contributed by atoms with Gasteiger partial charge in [0.2, 0.25) is 5.91 Å². The van der Waals surface area contributed by atoms with Gasteiger partial charge in [-0.25, -0.2) is 4.99 Å². The van der Waals surface area contributed by atoms with E-state index in [1.807, 2.05) is 0 Å². The van der Waals surface area contributed by atoms with E-state index >= 15 is 0 Å². The van der Waals surface area contributed by atoms with E-state index in [1.54, 1.807) is 0 Å². The average molecular weight is 491 g/mol. The number of carbonyl (C=O) groups excluding carboxylic acids is 1. The Hall–Kier alpha value is -1.05. The third kappa shape index (κ3) is 8.91. The maximum Gasteiger partial charge on any atom is 0.220 e. The van der Waals surface area contributed by atoms with Crippen molar-refractivity contribution in [3.05, 3.63) is 0 Å². The molecule has 1 aliphatic carbocycles. The molecule has 1 heterocycles. The zero-order valence-electron chi connectivity index (χ0n) is 19.6. The smallest absolute Gasteiger partial charge is 0.220 e. The SMILES string of the molecule is CCN(CCNC(O)C1NC(Cl)C(N)N=C1N)C1CC(CCC(=O)NCCCO)CCC1N. The lowest BCUT2D eigenvalue weighted by molar-refractivity contribution is -0.121. The second-order valence-electron chi connectivity index (χ2n) is 8.99. The van der Waals surface area contributed by atoms with Crippen molar-refractivity contribution >= 4 is 23.3 Å². The Bertz CT molecular complexity index is 628. The number of nitrogens with zero attached hydrogens (tertiary/aromatic N) is 2. The van der Waals surface area contributed by atoms with Gasteiger partial charge >= 0.3 is 0 Å². The number of hydrogen-bond acceptors (Lipinski definition) is 10. The van der Waals surface area contributed by atoms with Crippen molar-refractivity contribution in [2.75, 3.05) is 32.8 Å². The zero-order valence-corrected chi connectivity index (χ0v) is 20.4. The molecule has 12 heteroatoms. The predicted octanol–water partition coefficient (Wildman–Crippen LogP) is -1.83. The quantitative estimate of drug-likeness (QED) is 0.0635. The molecule has 0 aromatic rings. The number of aliphatic imine (C=N–C) groups is 1. The van der Waals surface area contributed by atoms with Crippen molar-refractivity contribution in [3.63, 3.8) is 0 Å². The number of carbonyl (C=O) groups is 1. The first-order chi connectivity index (χ1) is 15.8. The lowest BCUT2D eigenvalue weighted by atomic mass is 9.79. The van der Waals surface area contributed by atoms with Gasteiger partial charge < -0.3 is 32.7 Å². The summed E-state index contributed by atoms with van der Waals surface area (Å²) in [6.07, 6.45) is 3.26. The van der Waals surface area contributed by atoms with E-state index in [0.29, 0.717) is 38.4 Å². The molecule has 1 saturated carbocycles. The Kier molecular flexibility index (Phi) is 12.3. The van der Waals surface area contributed by atoms with Crippen LogP contribution in [-0.4, -0.2) is 95.7 Å². The van der Waals surface area contributed by atoms with E-state index in [-0.39, 0.29) is 30.4 Å². The normalized spacial score (nSPS) is 31.3. The Balaban J connectivity index is 1.79. The average Bonchev–Trinajstić information content (AvgIpc) is 2.79. The van der Waals surface area contributed by atoms with Crippen LogP contribution in [0.2, 0.25) is 0 Å². The van der Waals surface area contributed by atoms with Crippen LogP contribution in [-0.2, 0) is 4.79 Å². The summed E-state index contributed by atoms with van der Waals surface area (Å²) >= 11 is 6.09. The second-order valence-corrected chi connectivity index (χ2v) is 9.46. The number of amides is 1. The monoisotopic (exact) mass is 490 g/mol. The number of alkyl halides is 1. The van der Waals surface area contributed by atoms with Crippen LogP contribution in [0.15, 0.2) is 4.99 Å². The summed E-state index contributed by atoms with van der Waals surface area (Å²) in [6.45, 7) is 4.81. The molecule has 2 rings (SSSR count). The van der Waals surface area contributed by atoms with E-state index in [2.05, 4.69) is 32.8 Å². The highest BCUT2D eigenvalue weighted by atomic mass is 35.5. The van der Waals surface area contributed by atoms with Gasteiger partial charge in [-0.3, -0.25) is 20.3 Å². The number of rotatable bonds is 13. The molecule has 1 aliphatic heterocycles. The fraction of sp³-hybridized carbons (Fsp3) is 0.905. The molecule has 1 fully saturated rings.